The molecule has 0 aliphatic carbocycles. The molecule has 0 N–H and O–H groups in total. The van der Waals surface area contributed by atoms with Crippen LogP contribution in [0.4, 0.5) is 4.79 Å². The van der Waals surface area contributed by atoms with Crippen LogP contribution in [0.25, 0.3) is 33.8 Å². The number of carbonyl (C=O) groups excluding carboxylic acids is 1. The van der Waals surface area contributed by atoms with Gasteiger partial charge in [-0.25, -0.2) is 14.8 Å². The van der Waals surface area contributed by atoms with E-state index in [1.165, 1.54) is 0 Å². The van der Waals surface area contributed by atoms with Crippen molar-refractivity contribution in [2.24, 2.45) is 0 Å². The van der Waals surface area contributed by atoms with E-state index in [-0.39, 0.29) is 12.1 Å². The first-order valence-corrected chi connectivity index (χ1v) is 16.6. The third-order valence-electron chi connectivity index (χ3n) is 6.58. The number of carbonyl (C=O) groups is 1. The molecule has 1 amide bonds. The van der Waals surface area contributed by atoms with Gasteiger partial charge in [0.1, 0.15) is 11.3 Å². The SMILES string of the molecule is C[SiH](C)Cn1cc(-c2cccc(-c3ncc(-c4cnn(C5CCN(C(=O)OC(C)(C)C)CC5)c4)cn3)c2)nn1. The monoisotopic (exact) mass is 544 g/mol. The third kappa shape index (κ3) is 6.59. The molecule has 39 heavy (non-hydrogen) atoms. The van der Waals surface area contributed by atoms with E-state index in [9.17, 15) is 4.79 Å². The summed E-state index contributed by atoms with van der Waals surface area (Å²) in [4.78, 5) is 23.4. The van der Waals surface area contributed by atoms with E-state index < -0.39 is 14.4 Å². The zero-order valence-corrected chi connectivity index (χ0v) is 24.4. The van der Waals surface area contributed by atoms with Crippen molar-refractivity contribution in [3.63, 3.8) is 0 Å². The van der Waals surface area contributed by atoms with Gasteiger partial charge >= 0.3 is 6.09 Å². The second-order valence-corrected chi connectivity index (χ2v) is 14.7. The highest BCUT2D eigenvalue weighted by molar-refractivity contribution is 6.54. The first-order valence-electron chi connectivity index (χ1n) is 13.5. The van der Waals surface area contributed by atoms with Crippen LogP contribution in [-0.4, -0.2) is 73.2 Å². The van der Waals surface area contributed by atoms with Gasteiger partial charge in [0.25, 0.3) is 0 Å². The van der Waals surface area contributed by atoms with E-state index in [4.69, 9.17) is 4.74 Å². The number of likely N-dealkylation sites (tertiary alicyclic amines) is 1. The maximum Gasteiger partial charge on any atom is 0.410 e. The molecule has 0 spiro atoms. The van der Waals surface area contributed by atoms with Crippen molar-refractivity contribution >= 4 is 14.9 Å². The second-order valence-electron chi connectivity index (χ2n) is 11.5. The molecular formula is C28H36N8O2Si. The first kappa shape index (κ1) is 26.7. The predicted molar refractivity (Wildman–Crippen MR) is 153 cm³/mol. The predicted octanol–water partition coefficient (Wildman–Crippen LogP) is 4.86. The highest BCUT2D eigenvalue weighted by Crippen LogP contribution is 2.27. The minimum absolute atomic E-state index is 0.237. The minimum atomic E-state index is -0.772. The van der Waals surface area contributed by atoms with Crippen LogP contribution in [0.5, 0.6) is 0 Å². The summed E-state index contributed by atoms with van der Waals surface area (Å²) in [5.74, 6) is 0.657. The molecule has 1 aliphatic heterocycles. The number of benzene rings is 1. The second kappa shape index (κ2) is 11.1. The van der Waals surface area contributed by atoms with Crippen LogP contribution in [0.2, 0.25) is 13.1 Å². The Morgan fingerprint density at radius 3 is 2.41 bits per heavy atom. The van der Waals surface area contributed by atoms with Gasteiger partial charge in [-0.2, -0.15) is 5.10 Å². The molecule has 5 rings (SSSR count). The zero-order valence-electron chi connectivity index (χ0n) is 23.3. The van der Waals surface area contributed by atoms with Gasteiger partial charge < -0.3 is 9.64 Å². The molecule has 1 saturated heterocycles. The Hall–Kier alpha value is -3.86. The maximum atomic E-state index is 12.4. The minimum Gasteiger partial charge on any atom is -0.444 e. The van der Waals surface area contributed by atoms with E-state index in [2.05, 4.69) is 44.5 Å². The van der Waals surface area contributed by atoms with Gasteiger partial charge in [0, 0.05) is 60.1 Å². The van der Waals surface area contributed by atoms with Crippen LogP contribution in [-0.2, 0) is 10.9 Å². The van der Waals surface area contributed by atoms with Gasteiger partial charge in [0.15, 0.2) is 5.82 Å². The Labute approximate surface area is 230 Å². The number of nitrogens with zero attached hydrogens (tertiary/aromatic N) is 8. The van der Waals surface area contributed by atoms with Crippen molar-refractivity contribution in [3.8, 4) is 33.8 Å². The molecule has 4 heterocycles. The lowest BCUT2D eigenvalue weighted by atomic mass is 10.1. The number of ether oxygens (including phenoxy) is 1. The number of piperidine rings is 1. The number of rotatable bonds is 6. The summed E-state index contributed by atoms with van der Waals surface area (Å²) >= 11 is 0. The Morgan fingerprint density at radius 1 is 1.00 bits per heavy atom. The van der Waals surface area contributed by atoms with Crippen molar-refractivity contribution < 1.29 is 9.53 Å². The molecule has 0 atom stereocenters. The number of hydrogen-bond acceptors (Lipinski definition) is 7. The topological polar surface area (TPSA) is 104 Å². The summed E-state index contributed by atoms with van der Waals surface area (Å²) < 4.78 is 9.44. The fourth-order valence-corrected chi connectivity index (χ4v) is 5.59. The molecule has 0 bridgehead atoms. The molecule has 0 saturated carbocycles. The van der Waals surface area contributed by atoms with Crippen LogP contribution < -0.4 is 0 Å². The highest BCUT2D eigenvalue weighted by atomic mass is 28.3. The van der Waals surface area contributed by atoms with Gasteiger partial charge in [0.05, 0.1) is 27.2 Å². The maximum absolute atomic E-state index is 12.4. The molecular weight excluding hydrogens is 508 g/mol. The zero-order chi connectivity index (χ0) is 27.6. The molecule has 3 aromatic heterocycles. The van der Waals surface area contributed by atoms with Crippen molar-refractivity contribution in [1.82, 2.24) is 39.6 Å². The van der Waals surface area contributed by atoms with Gasteiger partial charge in [-0.15, -0.1) is 5.10 Å². The molecule has 0 radical (unpaired) electrons. The lowest BCUT2D eigenvalue weighted by Crippen LogP contribution is -2.42. The van der Waals surface area contributed by atoms with Crippen LogP contribution in [0.1, 0.15) is 39.7 Å². The standard InChI is InChI=1S/C28H36N8O2Si/c1-28(2,3)38-27(37)34-11-9-24(10-12-34)36-17-23(16-31-36)22-14-29-26(30-15-22)21-8-6-7-20(13-21)25-18-35(33-32-25)19-39(4)5/h6-8,13-18,24,39H,9-12,19H2,1-5H3. The molecule has 0 unspecified atom stereocenters. The summed E-state index contributed by atoms with van der Waals surface area (Å²) in [6.45, 7) is 11.6. The van der Waals surface area contributed by atoms with Gasteiger partial charge in [-0.3, -0.25) is 9.36 Å². The Balaban J connectivity index is 1.23. The molecule has 4 aromatic rings. The van der Waals surface area contributed by atoms with Crippen LogP contribution >= 0.6 is 0 Å². The van der Waals surface area contributed by atoms with Gasteiger partial charge in [-0.1, -0.05) is 36.5 Å². The molecule has 1 aliphatic rings. The van der Waals surface area contributed by atoms with Crippen LogP contribution in [0.3, 0.4) is 0 Å². The Morgan fingerprint density at radius 2 is 1.72 bits per heavy atom. The molecule has 204 valence electrons. The number of amides is 1. The van der Waals surface area contributed by atoms with E-state index in [1.807, 2.05) is 79.3 Å². The van der Waals surface area contributed by atoms with Crippen molar-refractivity contribution in [2.75, 3.05) is 13.1 Å². The Kier molecular flexibility index (Phi) is 7.60. The largest absolute Gasteiger partial charge is 0.444 e. The van der Waals surface area contributed by atoms with Gasteiger partial charge in [-0.05, 0) is 39.7 Å². The quantitative estimate of drug-likeness (QED) is 0.319. The fraction of sp³-hybridized carbons (Fsp3) is 0.429. The number of aromatic nitrogens is 7. The van der Waals surface area contributed by atoms with E-state index in [1.54, 1.807) is 4.90 Å². The summed E-state index contributed by atoms with van der Waals surface area (Å²) in [5.41, 5.74) is 4.17. The van der Waals surface area contributed by atoms with Gasteiger partial charge in [0.2, 0.25) is 0 Å². The van der Waals surface area contributed by atoms with Crippen LogP contribution in [0.15, 0.2) is 55.2 Å². The lowest BCUT2D eigenvalue weighted by Gasteiger charge is -2.33. The average molecular weight is 545 g/mol. The Bertz CT molecular complexity index is 1420. The van der Waals surface area contributed by atoms with Crippen molar-refractivity contribution in [3.05, 3.63) is 55.2 Å². The lowest BCUT2D eigenvalue weighted by molar-refractivity contribution is 0.0185. The normalized spacial score (nSPS) is 14.7. The molecule has 1 fully saturated rings. The highest BCUT2D eigenvalue weighted by Gasteiger charge is 2.28. The van der Waals surface area contributed by atoms with Crippen molar-refractivity contribution in [2.45, 2.75) is 64.5 Å². The molecule has 1 aromatic carbocycles. The smallest absolute Gasteiger partial charge is 0.410 e. The summed E-state index contributed by atoms with van der Waals surface area (Å²) in [7, 11) is -0.772. The van der Waals surface area contributed by atoms with E-state index in [0.717, 1.165) is 47.0 Å². The summed E-state index contributed by atoms with van der Waals surface area (Å²) in [6.07, 6.45) is 12.0. The number of hydrogen-bond donors (Lipinski definition) is 0. The molecule has 11 heteroatoms. The van der Waals surface area contributed by atoms with Crippen molar-refractivity contribution in [1.29, 1.82) is 0 Å². The summed E-state index contributed by atoms with van der Waals surface area (Å²) in [6, 6.07) is 8.33. The fourth-order valence-electron chi connectivity index (χ4n) is 4.66. The third-order valence-corrected chi connectivity index (χ3v) is 7.69. The van der Waals surface area contributed by atoms with E-state index in [0.29, 0.717) is 18.9 Å². The molecule has 10 nitrogen and oxygen atoms in total. The average Bonchev–Trinajstić information content (AvgIpc) is 3.58. The van der Waals surface area contributed by atoms with E-state index >= 15 is 0 Å². The summed E-state index contributed by atoms with van der Waals surface area (Å²) in [5, 5.41) is 13.2. The first-order chi connectivity index (χ1) is 18.6. The van der Waals surface area contributed by atoms with Crippen LogP contribution in [0, 0.1) is 0 Å².